The Bertz CT molecular complexity index is 692. The third-order valence-corrected chi connectivity index (χ3v) is 4.84. The van der Waals surface area contributed by atoms with E-state index in [9.17, 15) is 8.42 Å². The number of imidazole rings is 1. The molecule has 118 valence electrons. The molecule has 0 aliphatic rings. The molecule has 8 nitrogen and oxygen atoms in total. The number of sulfonamides is 1. The zero-order chi connectivity index (χ0) is 15.5. The van der Waals surface area contributed by atoms with Gasteiger partial charge in [-0.3, -0.25) is 4.40 Å². The molecule has 0 fully saturated rings. The lowest BCUT2D eigenvalue weighted by Crippen LogP contribution is -2.29. The quantitative estimate of drug-likeness (QED) is 0.371. The van der Waals surface area contributed by atoms with Gasteiger partial charge in [-0.1, -0.05) is 13.8 Å². The molecule has 0 spiro atoms. The molecule has 4 N–H and O–H groups in total. The van der Waals surface area contributed by atoms with Crippen molar-refractivity contribution in [1.29, 1.82) is 0 Å². The molecule has 2 aromatic heterocycles. The standard InChI is InChI=1S/C11H19N5O3S2/c1-8(2)7-19-5-3-13-21(17,18)10-9(15-12)14-11-16(10)4-6-20-11/h4,6,8,13,15H,3,5,7,12H2,1-2H3. The minimum Gasteiger partial charge on any atom is -0.380 e. The number of aromatic nitrogens is 2. The number of anilines is 1. The average Bonchev–Trinajstić information content (AvgIpc) is 2.96. The number of thiazole rings is 1. The van der Waals surface area contributed by atoms with Crippen molar-refractivity contribution in [3.63, 3.8) is 0 Å². The second-order valence-electron chi connectivity index (χ2n) is 4.83. The van der Waals surface area contributed by atoms with Crippen molar-refractivity contribution in [2.24, 2.45) is 11.8 Å². The van der Waals surface area contributed by atoms with E-state index in [4.69, 9.17) is 10.6 Å². The highest BCUT2D eigenvalue weighted by Gasteiger charge is 2.25. The van der Waals surface area contributed by atoms with Crippen molar-refractivity contribution >= 4 is 32.1 Å². The Balaban J connectivity index is 2.09. The fourth-order valence-corrected chi connectivity index (χ4v) is 3.78. The van der Waals surface area contributed by atoms with Crippen molar-refractivity contribution in [2.75, 3.05) is 25.2 Å². The maximum absolute atomic E-state index is 12.4. The predicted molar refractivity (Wildman–Crippen MR) is 81.7 cm³/mol. The van der Waals surface area contributed by atoms with Crippen LogP contribution in [0.1, 0.15) is 13.8 Å². The fourth-order valence-electron chi connectivity index (χ4n) is 1.75. The Morgan fingerprint density at radius 1 is 1.52 bits per heavy atom. The summed E-state index contributed by atoms with van der Waals surface area (Å²) in [7, 11) is -3.72. The van der Waals surface area contributed by atoms with Gasteiger partial charge in [-0.2, -0.15) is 4.98 Å². The highest BCUT2D eigenvalue weighted by atomic mass is 32.2. The first kappa shape index (κ1) is 16.2. The molecule has 21 heavy (non-hydrogen) atoms. The molecule has 0 saturated carbocycles. The van der Waals surface area contributed by atoms with Gasteiger partial charge in [0, 0.05) is 24.7 Å². The second kappa shape index (κ2) is 6.71. The van der Waals surface area contributed by atoms with Gasteiger partial charge in [-0.05, 0) is 5.92 Å². The summed E-state index contributed by atoms with van der Waals surface area (Å²) in [5.41, 5.74) is 2.32. The second-order valence-corrected chi connectivity index (χ2v) is 7.39. The van der Waals surface area contributed by atoms with Crippen LogP contribution in [0.4, 0.5) is 5.82 Å². The predicted octanol–water partition coefficient (Wildman–Crippen LogP) is 0.632. The van der Waals surface area contributed by atoms with E-state index in [2.05, 4.69) is 15.1 Å². The van der Waals surface area contributed by atoms with Gasteiger partial charge < -0.3 is 10.2 Å². The SMILES string of the molecule is CC(C)COCCNS(=O)(=O)c1c(NN)nc2sccn12. The number of nitrogens with two attached hydrogens (primary N) is 1. The lowest BCUT2D eigenvalue weighted by molar-refractivity contribution is 0.114. The van der Waals surface area contributed by atoms with Crippen molar-refractivity contribution in [2.45, 2.75) is 18.9 Å². The van der Waals surface area contributed by atoms with Crippen molar-refractivity contribution < 1.29 is 13.2 Å². The number of nitrogens with one attached hydrogen (secondary N) is 2. The Kier molecular flexibility index (Phi) is 5.17. The van der Waals surface area contributed by atoms with E-state index in [0.29, 0.717) is 24.1 Å². The Labute approximate surface area is 127 Å². The average molecular weight is 333 g/mol. The number of nitrogen functional groups attached to an aromatic ring is 1. The molecule has 0 radical (unpaired) electrons. The summed E-state index contributed by atoms with van der Waals surface area (Å²) in [6, 6.07) is 0. The minimum atomic E-state index is -3.72. The third kappa shape index (κ3) is 3.71. The maximum atomic E-state index is 12.4. The number of hydrogen-bond donors (Lipinski definition) is 3. The summed E-state index contributed by atoms with van der Waals surface area (Å²) in [6.45, 7) is 5.16. The van der Waals surface area contributed by atoms with E-state index < -0.39 is 10.0 Å². The number of ether oxygens (including phenoxy) is 1. The van der Waals surface area contributed by atoms with E-state index >= 15 is 0 Å². The molecular formula is C11H19N5O3S2. The van der Waals surface area contributed by atoms with E-state index in [1.54, 1.807) is 11.6 Å². The molecule has 0 unspecified atom stereocenters. The minimum absolute atomic E-state index is 0.00473. The van der Waals surface area contributed by atoms with Crippen LogP contribution in [0.2, 0.25) is 0 Å². The molecule has 0 atom stereocenters. The number of fused-ring (bicyclic) bond motifs is 1. The molecule has 2 rings (SSSR count). The monoisotopic (exact) mass is 333 g/mol. The van der Waals surface area contributed by atoms with Crippen LogP contribution in [0.3, 0.4) is 0 Å². The summed E-state index contributed by atoms with van der Waals surface area (Å²) in [4.78, 5) is 4.67. The topological polar surface area (TPSA) is 111 Å². The van der Waals surface area contributed by atoms with Gasteiger partial charge in [-0.15, -0.1) is 11.3 Å². The lowest BCUT2D eigenvalue weighted by atomic mass is 10.2. The Hall–Kier alpha value is -1.20. The van der Waals surface area contributed by atoms with Gasteiger partial charge in [0.2, 0.25) is 5.03 Å². The van der Waals surface area contributed by atoms with Gasteiger partial charge in [-0.25, -0.2) is 19.0 Å². The van der Waals surface area contributed by atoms with Crippen molar-refractivity contribution in [1.82, 2.24) is 14.1 Å². The van der Waals surface area contributed by atoms with E-state index in [1.807, 2.05) is 13.8 Å². The molecule has 0 aliphatic carbocycles. The number of hydrazine groups is 1. The molecule has 10 heteroatoms. The van der Waals surface area contributed by atoms with Crippen LogP contribution in [0, 0.1) is 5.92 Å². The van der Waals surface area contributed by atoms with Gasteiger partial charge in [0.15, 0.2) is 10.8 Å². The number of nitrogens with zero attached hydrogens (tertiary/aromatic N) is 2. The highest BCUT2D eigenvalue weighted by molar-refractivity contribution is 7.89. The molecule has 0 amide bonds. The third-order valence-electron chi connectivity index (χ3n) is 2.60. The highest BCUT2D eigenvalue weighted by Crippen LogP contribution is 2.24. The Morgan fingerprint density at radius 2 is 2.29 bits per heavy atom. The van der Waals surface area contributed by atoms with Crippen LogP contribution in [-0.4, -0.2) is 37.6 Å². The number of hydrogen-bond acceptors (Lipinski definition) is 7. The van der Waals surface area contributed by atoms with E-state index in [1.165, 1.54) is 15.7 Å². The summed E-state index contributed by atoms with van der Waals surface area (Å²) in [6.07, 6.45) is 1.64. The number of rotatable bonds is 8. The van der Waals surface area contributed by atoms with Gasteiger partial charge in [0.25, 0.3) is 10.0 Å². The van der Waals surface area contributed by atoms with Crippen LogP contribution >= 0.6 is 11.3 Å². The maximum Gasteiger partial charge on any atom is 0.260 e. The van der Waals surface area contributed by atoms with Gasteiger partial charge >= 0.3 is 0 Å². The molecule has 0 bridgehead atoms. The van der Waals surface area contributed by atoms with Crippen molar-refractivity contribution in [3.8, 4) is 0 Å². The zero-order valence-corrected chi connectivity index (χ0v) is 13.5. The normalized spacial score (nSPS) is 12.4. The first-order chi connectivity index (χ1) is 9.95. The molecule has 2 aromatic rings. The van der Waals surface area contributed by atoms with Crippen LogP contribution in [0.15, 0.2) is 16.6 Å². The van der Waals surface area contributed by atoms with Crippen LogP contribution in [0.25, 0.3) is 4.96 Å². The van der Waals surface area contributed by atoms with E-state index in [-0.39, 0.29) is 17.4 Å². The summed E-state index contributed by atoms with van der Waals surface area (Å²) in [5.74, 6) is 5.88. The first-order valence-corrected chi connectivity index (χ1v) is 8.81. The zero-order valence-electron chi connectivity index (χ0n) is 11.9. The van der Waals surface area contributed by atoms with Crippen LogP contribution in [0.5, 0.6) is 0 Å². The summed E-state index contributed by atoms with van der Waals surface area (Å²) in [5, 5.41) is 1.76. The molecule has 0 aliphatic heterocycles. The summed E-state index contributed by atoms with van der Waals surface area (Å²) >= 11 is 1.33. The molecule has 0 aromatic carbocycles. The largest absolute Gasteiger partial charge is 0.380 e. The molecule has 2 heterocycles. The van der Waals surface area contributed by atoms with Crippen molar-refractivity contribution in [3.05, 3.63) is 11.6 Å². The first-order valence-electron chi connectivity index (χ1n) is 6.45. The summed E-state index contributed by atoms with van der Waals surface area (Å²) < 4.78 is 34.0. The molecular weight excluding hydrogens is 314 g/mol. The molecule has 0 saturated heterocycles. The Morgan fingerprint density at radius 3 is 2.95 bits per heavy atom. The fraction of sp³-hybridized carbons (Fsp3) is 0.545. The van der Waals surface area contributed by atoms with E-state index in [0.717, 1.165) is 0 Å². The van der Waals surface area contributed by atoms with Gasteiger partial charge in [0.1, 0.15) is 0 Å². The van der Waals surface area contributed by atoms with Gasteiger partial charge in [0.05, 0.1) is 6.61 Å². The lowest BCUT2D eigenvalue weighted by Gasteiger charge is -2.09. The van der Waals surface area contributed by atoms with Crippen LogP contribution < -0.4 is 16.0 Å². The van der Waals surface area contributed by atoms with Crippen LogP contribution in [-0.2, 0) is 14.8 Å². The smallest absolute Gasteiger partial charge is 0.260 e.